The fraction of sp³-hybridized carbons (Fsp3) is 0.500. The largest absolute Gasteiger partial charge is 0.396 e. The van der Waals surface area contributed by atoms with Gasteiger partial charge in [0.25, 0.3) is 0 Å². The smallest absolute Gasteiger partial charge is 0.392 e. The maximum atomic E-state index is 12.6. The molecular weight excluding hydrogens is 252 g/mol. The monoisotopic (exact) mass is 266 g/mol. The summed E-state index contributed by atoms with van der Waals surface area (Å²) in [7, 11) is 0. The van der Waals surface area contributed by atoms with Gasteiger partial charge >= 0.3 is 6.18 Å². The van der Waals surface area contributed by atoms with Crippen LogP contribution in [0, 0.1) is 11.7 Å². The summed E-state index contributed by atoms with van der Waals surface area (Å²) in [5.41, 5.74) is 0.226. The molecule has 2 unspecified atom stereocenters. The van der Waals surface area contributed by atoms with Crippen molar-refractivity contribution in [1.82, 2.24) is 0 Å². The van der Waals surface area contributed by atoms with Gasteiger partial charge in [-0.15, -0.1) is 0 Å². The highest BCUT2D eigenvalue weighted by Crippen LogP contribution is 2.35. The van der Waals surface area contributed by atoms with Crippen LogP contribution >= 0.6 is 0 Å². The van der Waals surface area contributed by atoms with E-state index in [9.17, 15) is 22.7 Å². The number of aliphatic hydroxyl groups is 2. The van der Waals surface area contributed by atoms with Gasteiger partial charge in [0.1, 0.15) is 5.82 Å². The van der Waals surface area contributed by atoms with Gasteiger partial charge in [-0.05, 0) is 30.5 Å². The second kappa shape index (κ2) is 6.15. The van der Waals surface area contributed by atoms with E-state index < -0.39 is 43.5 Å². The number of rotatable bonds is 5. The molecular formula is C12H14F4O2. The minimum Gasteiger partial charge on any atom is -0.396 e. The Morgan fingerprint density at radius 1 is 1.11 bits per heavy atom. The fourth-order valence-electron chi connectivity index (χ4n) is 1.66. The van der Waals surface area contributed by atoms with E-state index in [0.717, 1.165) is 12.1 Å². The quantitative estimate of drug-likeness (QED) is 0.804. The first kappa shape index (κ1) is 14.9. The predicted octanol–water partition coefficient (Wildman–Crippen LogP) is 2.81. The van der Waals surface area contributed by atoms with Crippen LogP contribution in [0.1, 0.15) is 24.5 Å². The zero-order valence-electron chi connectivity index (χ0n) is 9.49. The second-order valence-electron chi connectivity index (χ2n) is 4.05. The van der Waals surface area contributed by atoms with Crippen LogP contribution in [-0.2, 0) is 0 Å². The van der Waals surface area contributed by atoms with E-state index in [2.05, 4.69) is 0 Å². The number of hydrogen-bond donors (Lipinski definition) is 2. The summed E-state index contributed by atoms with van der Waals surface area (Å²) in [6.07, 6.45) is -6.80. The molecule has 6 heteroatoms. The predicted molar refractivity (Wildman–Crippen MR) is 57.2 cm³/mol. The minimum atomic E-state index is -4.47. The third kappa shape index (κ3) is 4.27. The van der Waals surface area contributed by atoms with Crippen molar-refractivity contribution in [1.29, 1.82) is 0 Å². The molecule has 18 heavy (non-hydrogen) atoms. The average molecular weight is 266 g/mol. The highest BCUT2D eigenvalue weighted by atomic mass is 19.4. The normalized spacial score (nSPS) is 15.4. The molecule has 1 rings (SSSR count). The lowest BCUT2D eigenvalue weighted by Crippen LogP contribution is -2.26. The molecule has 2 N–H and O–H groups in total. The van der Waals surface area contributed by atoms with E-state index in [-0.39, 0.29) is 5.56 Å². The van der Waals surface area contributed by atoms with Gasteiger partial charge in [-0.25, -0.2) is 4.39 Å². The first-order valence-electron chi connectivity index (χ1n) is 5.45. The summed E-state index contributed by atoms with van der Waals surface area (Å²) in [6, 6.07) is 4.64. The molecule has 0 saturated carbocycles. The van der Waals surface area contributed by atoms with Crippen molar-refractivity contribution in [3.63, 3.8) is 0 Å². The van der Waals surface area contributed by atoms with Crippen LogP contribution < -0.4 is 0 Å². The van der Waals surface area contributed by atoms with Crippen molar-refractivity contribution >= 4 is 0 Å². The molecule has 0 aliphatic heterocycles. The highest BCUT2D eigenvalue weighted by Gasteiger charge is 2.40. The third-order valence-corrected chi connectivity index (χ3v) is 2.70. The summed E-state index contributed by atoms with van der Waals surface area (Å²) >= 11 is 0. The zero-order chi connectivity index (χ0) is 13.8. The molecule has 0 saturated heterocycles. The molecule has 102 valence electrons. The number of alkyl halides is 3. The highest BCUT2D eigenvalue weighted by molar-refractivity contribution is 5.18. The lowest BCUT2D eigenvalue weighted by Gasteiger charge is -2.22. The van der Waals surface area contributed by atoms with Gasteiger partial charge in [0, 0.05) is 6.61 Å². The zero-order valence-corrected chi connectivity index (χ0v) is 9.49. The van der Waals surface area contributed by atoms with Crippen LogP contribution in [-0.4, -0.2) is 23.0 Å². The summed E-state index contributed by atoms with van der Waals surface area (Å²) < 4.78 is 50.3. The van der Waals surface area contributed by atoms with E-state index >= 15 is 0 Å². The second-order valence-corrected chi connectivity index (χ2v) is 4.05. The molecule has 1 aromatic rings. The van der Waals surface area contributed by atoms with E-state index in [1.54, 1.807) is 0 Å². The first-order valence-corrected chi connectivity index (χ1v) is 5.45. The average Bonchev–Trinajstić information content (AvgIpc) is 2.28. The summed E-state index contributed by atoms with van der Waals surface area (Å²) in [5, 5.41) is 18.3. The van der Waals surface area contributed by atoms with Crippen molar-refractivity contribution < 1.29 is 27.8 Å². The van der Waals surface area contributed by atoms with Crippen LogP contribution in [0.4, 0.5) is 17.6 Å². The van der Waals surface area contributed by atoms with Crippen LogP contribution in [0.15, 0.2) is 24.3 Å². The molecule has 0 spiro atoms. The van der Waals surface area contributed by atoms with E-state index in [1.165, 1.54) is 12.1 Å². The number of benzene rings is 1. The van der Waals surface area contributed by atoms with E-state index in [0.29, 0.717) is 0 Å². The molecule has 1 aromatic carbocycles. The Kier molecular flexibility index (Phi) is 5.10. The molecule has 0 aliphatic rings. The van der Waals surface area contributed by atoms with Crippen molar-refractivity contribution in [2.45, 2.75) is 25.1 Å². The Balaban J connectivity index is 2.72. The minimum absolute atomic E-state index is 0.226. The number of aliphatic hydroxyl groups excluding tert-OH is 2. The summed E-state index contributed by atoms with van der Waals surface area (Å²) in [5.74, 6) is -2.30. The SMILES string of the molecule is OCCC(CC(O)c1ccc(F)cc1)C(F)(F)F. The Morgan fingerprint density at radius 2 is 1.67 bits per heavy atom. The topological polar surface area (TPSA) is 40.5 Å². The van der Waals surface area contributed by atoms with Gasteiger partial charge in [0.15, 0.2) is 0 Å². The fourth-order valence-corrected chi connectivity index (χ4v) is 1.66. The van der Waals surface area contributed by atoms with Crippen LogP contribution in [0.25, 0.3) is 0 Å². The molecule has 0 fully saturated rings. The lowest BCUT2D eigenvalue weighted by atomic mass is 9.94. The molecule has 0 heterocycles. The molecule has 2 atom stereocenters. The van der Waals surface area contributed by atoms with Crippen molar-refractivity contribution in [3.05, 3.63) is 35.6 Å². The molecule has 0 radical (unpaired) electrons. The number of halogens is 4. The van der Waals surface area contributed by atoms with Crippen molar-refractivity contribution in [2.75, 3.05) is 6.61 Å². The van der Waals surface area contributed by atoms with Gasteiger partial charge in [-0.3, -0.25) is 0 Å². The lowest BCUT2D eigenvalue weighted by molar-refractivity contribution is -0.185. The van der Waals surface area contributed by atoms with Crippen molar-refractivity contribution in [2.24, 2.45) is 5.92 Å². The number of hydrogen-bond acceptors (Lipinski definition) is 2. The maximum Gasteiger partial charge on any atom is 0.392 e. The standard InChI is InChI=1S/C12H14F4O2/c13-10-3-1-8(2-4-10)11(18)7-9(5-6-17)12(14,15)16/h1-4,9,11,17-18H,5-7H2. The van der Waals surface area contributed by atoms with Gasteiger partial charge in [-0.1, -0.05) is 12.1 Å². The Bertz CT molecular complexity index is 361. The van der Waals surface area contributed by atoms with Crippen molar-refractivity contribution in [3.8, 4) is 0 Å². The van der Waals surface area contributed by atoms with Gasteiger partial charge < -0.3 is 10.2 Å². The Morgan fingerprint density at radius 3 is 2.11 bits per heavy atom. The van der Waals surface area contributed by atoms with Gasteiger partial charge in [0.2, 0.25) is 0 Å². The van der Waals surface area contributed by atoms with E-state index in [4.69, 9.17) is 5.11 Å². The molecule has 2 nitrogen and oxygen atoms in total. The molecule has 0 amide bonds. The van der Waals surface area contributed by atoms with Crippen LogP contribution in [0.2, 0.25) is 0 Å². The molecule has 0 aromatic heterocycles. The molecule has 0 bridgehead atoms. The van der Waals surface area contributed by atoms with Gasteiger partial charge in [-0.2, -0.15) is 13.2 Å². The van der Waals surface area contributed by atoms with E-state index in [1.807, 2.05) is 0 Å². The third-order valence-electron chi connectivity index (χ3n) is 2.70. The Hall–Kier alpha value is -1.14. The Labute approximate surface area is 102 Å². The first-order chi connectivity index (χ1) is 8.34. The summed E-state index contributed by atoms with van der Waals surface area (Å²) in [6.45, 7) is -0.597. The molecule has 0 aliphatic carbocycles. The van der Waals surface area contributed by atoms with Gasteiger partial charge in [0.05, 0.1) is 12.0 Å². The summed E-state index contributed by atoms with van der Waals surface area (Å²) in [4.78, 5) is 0. The van der Waals surface area contributed by atoms with Crippen LogP contribution in [0.5, 0.6) is 0 Å². The maximum absolute atomic E-state index is 12.6. The van der Waals surface area contributed by atoms with Crippen LogP contribution in [0.3, 0.4) is 0 Å².